The standard InChI is InChI=1S/C12H27O2PS2/c1-6-7-8-9-10-17-15(16,13-11(2)3)14-12(4)5/h11-12H,6-10H2,1-5H3. The van der Waals surface area contributed by atoms with Crippen molar-refractivity contribution in [1.29, 1.82) is 0 Å². The average Bonchev–Trinajstić information content (AvgIpc) is 2.14. The molecular weight excluding hydrogens is 271 g/mol. The van der Waals surface area contributed by atoms with Crippen LogP contribution in [0, 0.1) is 0 Å². The molecule has 0 saturated heterocycles. The van der Waals surface area contributed by atoms with Gasteiger partial charge in [0.05, 0.1) is 12.2 Å². The van der Waals surface area contributed by atoms with E-state index in [0.717, 1.165) is 5.75 Å². The Morgan fingerprint density at radius 3 is 1.94 bits per heavy atom. The predicted molar refractivity (Wildman–Crippen MR) is 83.3 cm³/mol. The highest BCUT2D eigenvalue weighted by atomic mass is 32.9. The maximum atomic E-state index is 5.82. The van der Waals surface area contributed by atoms with E-state index in [1.54, 1.807) is 11.4 Å². The van der Waals surface area contributed by atoms with E-state index in [4.69, 9.17) is 20.9 Å². The van der Waals surface area contributed by atoms with Crippen molar-refractivity contribution in [2.24, 2.45) is 0 Å². The number of hydrogen-bond donors (Lipinski definition) is 0. The first-order valence-electron chi connectivity index (χ1n) is 6.51. The van der Waals surface area contributed by atoms with Crippen LogP contribution >= 0.6 is 17.1 Å². The van der Waals surface area contributed by atoms with Gasteiger partial charge in [0.1, 0.15) is 0 Å². The Hall–Kier alpha value is 0.920. The molecule has 0 rings (SSSR count). The van der Waals surface area contributed by atoms with Gasteiger partial charge >= 0.3 is 0 Å². The molecule has 0 aromatic rings. The quantitative estimate of drug-likeness (QED) is 0.398. The molecule has 0 radical (unpaired) electrons. The van der Waals surface area contributed by atoms with Crippen LogP contribution in [-0.4, -0.2) is 18.0 Å². The van der Waals surface area contributed by atoms with E-state index in [9.17, 15) is 0 Å². The van der Waals surface area contributed by atoms with Gasteiger partial charge in [-0.3, -0.25) is 0 Å². The highest BCUT2D eigenvalue weighted by Crippen LogP contribution is 2.62. The van der Waals surface area contributed by atoms with E-state index in [0.29, 0.717) is 0 Å². The van der Waals surface area contributed by atoms with Crippen LogP contribution in [0.3, 0.4) is 0 Å². The summed E-state index contributed by atoms with van der Waals surface area (Å²) in [6.07, 6.45) is 5.34. The average molecular weight is 298 g/mol. The number of hydrogen-bond acceptors (Lipinski definition) is 4. The first-order valence-corrected chi connectivity index (χ1v) is 10.7. The third kappa shape index (κ3) is 10.5. The zero-order chi connectivity index (χ0) is 13.3. The maximum Gasteiger partial charge on any atom is 0.247 e. The van der Waals surface area contributed by atoms with Gasteiger partial charge in [0, 0.05) is 5.75 Å². The fourth-order valence-corrected chi connectivity index (χ4v) is 7.23. The summed E-state index contributed by atoms with van der Waals surface area (Å²) in [5.41, 5.74) is -2.13. The zero-order valence-corrected chi connectivity index (χ0v) is 14.3. The SMILES string of the molecule is CCCCCCSP(=S)(OC(C)C)OC(C)C. The van der Waals surface area contributed by atoms with Crippen molar-refractivity contribution < 1.29 is 9.05 Å². The van der Waals surface area contributed by atoms with Gasteiger partial charge in [-0.15, -0.1) is 0 Å². The molecule has 0 spiro atoms. The Bertz CT molecular complexity index is 219. The van der Waals surface area contributed by atoms with E-state index in [1.807, 2.05) is 27.7 Å². The molecule has 0 fully saturated rings. The molecule has 0 atom stereocenters. The Kier molecular flexibility index (Phi) is 10.3. The maximum absolute atomic E-state index is 5.82. The largest absolute Gasteiger partial charge is 0.319 e. The Labute approximate surface area is 116 Å². The van der Waals surface area contributed by atoms with Crippen LogP contribution in [0.5, 0.6) is 0 Å². The van der Waals surface area contributed by atoms with E-state index < -0.39 is 5.69 Å². The van der Waals surface area contributed by atoms with Crippen LogP contribution in [-0.2, 0) is 20.9 Å². The van der Waals surface area contributed by atoms with Crippen LogP contribution < -0.4 is 0 Å². The first-order chi connectivity index (χ1) is 7.89. The summed E-state index contributed by atoms with van der Waals surface area (Å²) in [5.74, 6) is 1.05. The molecular formula is C12H27O2PS2. The van der Waals surface area contributed by atoms with Gasteiger partial charge in [-0.1, -0.05) is 37.6 Å². The lowest BCUT2D eigenvalue weighted by atomic mass is 10.2. The van der Waals surface area contributed by atoms with E-state index in [1.165, 1.54) is 25.7 Å². The minimum Gasteiger partial charge on any atom is -0.319 e. The monoisotopic (exact) mass is 298 g/mol. The van der Waals surface area contributed by atoms with Crippen LogP contribution in [0.1, 0.15) is 60.3 Å². The highest BCUT2D eigenvalue weighted by molar-refractivity contribution is 8.67. The molecule has 0 aromatic carbocycles. The van der Waals surface area contributed by atoms with Gasteiger partial charge in [-0.2, -0.15) is 0 Å². The number of rotatable bonds is 10. The third-order valence-electron chi connectivity index (χ3n) is 1.93. The summed E-state index contributed by atoms with van der Waals surface area (Å²) >= 11 is 7.27. The van der Waals surface area contributed by atoms with Gasteiger partial charge in [0.15, 0.2) is 0 Å². The Morgan fingerprint density at radius 1 is 1.00 bits per heavy atom. The van der Waals surface area contributed by atoms with E-state index in [-0.39, 0.29) is 12.2 Å². The molecule has 0 aliphatic heterocycles. The summed E-state index contributed by atoms with van der Waals surface area (Å²) in [7, 11) is 0. The molecule has 0 amide bonds. The summed E-state index contributed by atoms with van der Waals surface area (Å²) < 4.78 is 11.6. The van der Waals surface area contributed by atoms with Crippen molar-refractivity contribution in [2.45, 2.75) is 72.5 Å². The highest BCUT2D eigenvalue weighted by Gasteiger charge is 2.22. The fraction of sp³-hybridized carbons (Fsp3) is 1.00. The van der Waals surface area contributed by atoms with Gasteiger partial charge in [0.25, 0.3) is 0 Å². The summed E-state index contributed by atoms with van der Waals surface area (Å²) in [4.78, 5) is 0. The molecule has 2 nitrogen and oxygen atoms in total. The Balaban J connectivity index is 4.06. The molecule has 0 aliphatic carbocycles. The van der Waals surface area contributed by atoms with Crippen molar-refractivity contribution in [2.75, 3.05) is 5.75 Å². The van der Waals surface area contributed by atoms with E-state index in [2.05, 4.69) is 6.92 Å². The van der Waals surface area contributed by atoms with Crippen molar-refractivity contribution >= 4 is 28.9 Å². The smallest absolute Gasteiger partial charge is 0.247 e. The van der Waals surface area contributed by atoms with Gasteiger partial charge in [0.2, 0.25) is 5.69 Å². The summed E-state index contributed by atoms with van der Waals surface area (Å²) in [6.45, 7) is 10.3. The topological polar surface area (TPSA) is 18.5 Å². The predicted octanol–water partition coefficient (Wildman–Crippen LogP) is 5.37. The van der Waals surface area contributed by atoms with Crippen molar-refractivity contribution in [1.82, 2.24) is 0 Å². The minimum atomic E-state index is -2.13. The molecule has 0 unspecified atom stereocenters. The second-order valence-corrected chi connectivity index (χ2v) is 11.0. The second-order valence-electron chi connectivity index (χ2n) is 4.65. The molecule has 104 valence electrons. The van der Waals surface area contributed by atoms with Crippen LogP contribution in [0.4, 0.5) is 0 Å². The minimum absolute atomic E-state index is 0.141. The molecule has 0 aromatic heterocycles. The Morgan fingerprint density at radius 2 is 1.53 bits per heavy atom. The summed E-state index contributed by atoms with van der Waals surface area (Å²) in [6, 6.07) is 0. The molecule has 0 aliphatic rings. The lowest BCUT2D eigenvalue weighted by Gasteiger charge is -2.25. The van der Waals surface area contributed by atoms with Gasteiger partial charge in [-0.05, 0) is 45.9 Å². The normalized spacial score (nSPS) is 12.6. The van der Waals surface area contributed by atoms with Crippen molar-refractivity contribution in [3.63, 3.8) is 0 Å². The van der Waals surface area contributed by atoms with Crippen LogP contribution in [0.15, 0.2) is 0 Å². The molecule has 0 saturated carbocycles. The lowest BCUT2D eigenvalue weighted by molar-refractivity contribution is 0.186. The number of unbranched alkanes of at least 4 members (excludes halogenated alkanes) is 3. The van der Waals surface area contributed by atoms with Crippen molar-refractivity contribution in [3.05, 3.63) is 0 Å². The fourth-order valence-electron chi connectivity index (χ4n) is 1.31. The van der Waals surface area contributed by atoms with Gasteiger partial charge in [-0.25, -0.2) is 0 Å². The molecule has 5 heteroatoms. The van der Waals surface area contributed by atoms with Gasteiger partial charge < -0.3 is 9.05 Å². The van der Waals surface area contributed by atoms with Crippen molar-refractivity contribution in [3.8, 4) is 0 Å². The zero-order valence-electron chi connectivity index (χ0n) is 11.8. The summed E-state index contributed by atoms with van der Waals surface area (Å²) in [5, 5.41) is 0. The molecule has 0 N–H and O–H groups in total. The third-order valence-corrected chi connectivity index (χ3v) is 7.55. The molecule has 0 heterocycles. The molecule has 17 heavy (non-hydrogen) atoms. The lowest BCUT2D eigenvalue weighted by Crippen LogP contribution is -2.06. The molecule has 0 bridgehead atoms. The van der Waals surface area contributed by atoms with Crippen LogP contribution in [0.2, 0.25) is 0 Å². The second kappa shape index (κ2) is 9.80. The first kappa shape index (κ1) is 17.9. The van der Waals surface area contributed by atoms with E-state index >= 15 is 0 Å². The van der Waals surface area contributed by atoms with Crippen LogP contribution in [0.25, 0.3) is 0 Å².